The van der Waals surface area contributed by atoms with Gasteiger partial charge in [0, 0.05) is 14.1 Å². The maximum atomic E-state index is 9.99. The highest BCUT2D eigenvalue weighted by Gasteiger charge is 2.44. The lowest BCUT2D eigenvalue weighted by atomic mass is 9.99. The Hall–Kier alpha value is -2.18. The molecule has 1 saturated heterocycles. The van der Waals surface area contributed by atoms with Gasteiger partial charge in [0.25, 0.3) is 0 Å². The molecule has 1 aliphatic heterocycles. The molecule has 136 valence electrons. The Morgan fingerprint density at radius 1 is 1.12 bits per heavy atom. The number of hydrogen-bond acceptors (Lipinski definition) is 11. The Morgan fingerprint density at radius 2 is 1.88 bits per heavy atom. The highest BCUT2D eigenvalue weighted by Crippen LogP contribution is 2.25. The number of ether oxygens (including phenoxy) is 2. The Kier molecular flexibility index (Phi) is 4.92. The lowest BCUT2D eigenvalue weighted by Gasteiger charge is -2.39. The zero-order valence-electron chi connectivity index (χ0n) is 13.6. The summed E-state index contributed by atoms with van der Waals surface area (Å²) in [6.45, 7) is -0.548. The van der Waals surface area contributed by atoms with Crippen molar-refractivity contribution < 1.29 is 29.9 Å². The number of hydrogen-bond donors (Lipinski definition) is 4. The van der Waals surface area contributed by atoms with E-state index in [-0.39, 0.29) is 11.5 Å². The minimum absolute atomic E-state index is 0.000218. The third-order valence-electron chi connectivity index (χ3n) is 3.81. The Bertz CT molecular complexity index is 745. The van der Waals surface area contributed by atoms with Crippen molar-refractivity contribution in [3.05, 3.63) is 12.5 Å². The largest absolute Gasteiger partial charge is 0.444 e. The molecule has 2 aromatic rings. The Balaban J connectivity index is 1.85. The number of aromatic nitrogens is 4. The first-order valence-electron chi connectivity index (χ1n) is 7.54. The predicted molar refractivity (Wildman–Crippen MR) is 83.9 cm³/mol. The molecule has 11 heteroatoms. The number of rotatable bonds is 4. The van der Waals surface area contributed by atoms with Gasteiger partial charge in [0.05, 0.1) is 12.8 Å². The van der Waals surface area contributed by atoms with E-state index in [2.05, 4.69) is 19.9 Å². The molecule has 1 aliphatic rings. The van der Waals surface area contributed by atoms with Crippen molar-refractivity contribution in [3.8, 4) is 5.88 Å². The van der Waals surface area contributed by atoms with Crippen molar-refractivity contribution >= 4 is 17.0 Å². The number of aliphatic hydroxyl groups is 4. The van der Waals surface area contributed by atoms with Gasteiger partial charge in [-0.3, -0.25) is 0 Å². The van der Waals surface area contributed by atoms with E-state index in [1.54, 1.807) is 4.90 Å². The van der Waals surface area contributed by atoms with Gasteiger partial charge in [0.1, 0.15) is 30.7 Å². The van der Waals surface area contributed by atoms with Gasteiger partial charge in [-0.25, -0.2) is 15.0 Å². The summed E-state index contributed by atoms with van der Waals surface area (Å²) in [6.07, 6.45) is -4.29. The monoisotopic (exact) mass is 353 g/mol. The molecule has 2 aromatic heterocycles. The lowest BCUT2D eigenvalue weighted by molar-refractivity contribution is -0.278. The maximum absolute atomic E-state index is 9.99. The Labute approximate surface area is 142 Å². The van der Waals surface area contributed by atoms with Crippen molar-refractivity contribution in [1.82, 2.24) is 19.9 Å². The average molecular weight is 353 g/mol. The molecule has 0 radical (unpaired) electrons. The minimum atomic E-state index is -1.54. The van der Waals surface area contributed by atoms with E-state index in [4.69, 9.17) is 9.47 Å². The average Bonchev–Trinajstić information content (AvgIpc) is 2.61. The molecule has 3 rings (SSSR count). The van der Waals surface area contributed by atoms with Gasteiger partial charge in [-0.1, -0.05) is 0 Å². The molecular formula is C14H19N5O6. The molecule has 0 bridgehead atoms. The van der Waals surface area contributed by atoms with Crippen LogP contribution in [0.5, 0.6) is 5.88 Å². The van der Waals surface area contributed by atoms with Gasteiger partial charge < -0.3 is 34.8 Å². The first-order chi connectivity index (χ1) is 11.9. The number of anilines is 1. The van der Waals surface area contributed by atoms with E-state index in [1.165, 1.54) is 12.5 Å². The summed E-state index contributed by atoms with van der Waals surface area (Å²) in [5.74, 6) is 0.581. The second-order valence-corrected chi connectivity index (χ2v) is 5.79. The second kappa shape index (κ2) is 6.98. The molecule has 25 heavy (non-hydrogen) atoms. The smallest absolute Gasteiger partial charge is 0.236 e. The second-order valence-electron chi connectivity index (χ2n) is 5.79. The van der Waals surface area contributed by atoms with Crippen LogP contribution in [0, 0.1) is 0 Å². The lowest BCUT2D eigenvalue weighted by Crippen LogP contribution is -2.60. The molecule has 0 spiro atoms. The van der Waals surface area contributed by atoms with Crippen LogP contribution < -0.4 is 9.64 Å². The topological polar surface area (TPSA) is 154 Å². The number of aliphatic hydroxyl groups excluding tert-OH is 4. The number of fused-ring (bicyclic) bond motifs is 1. The van der Waals surface area contributed by atoms with Gasteiger partial charge in [-0.2, -0.15) is 4.98 Å². The van der Waals surface area contributed by atoms with E-state index in [0.29, 0.717) is 11.3 Å². The molecular weight excluding hydrogens is 334 g/mol. The fraction of sp³-hybridized carbons (Fsp3) is 0.571. The molecule has 5 atom stereocenters. The summed E-state index contributed by atoms with van der Waals surface area (Å²) in [4.78, 5) is 18.3. The first-order valence-corrected chi connectivity index (χ1v) is 7.54. The molecule has 1 fully saturated rings. The zero-order valence-corrected chi connectivity index (χ0v) is 13.6. The van der Waals surface area contributed by atoms with Gasteiger partial charge in [0.2, 0.25) is 12.2 Å². The molecule has 0 amide bonds. The van der Waals surface area contributed by atoms with Crippen molar-refractivity contribution in [2.24, 2.45) is 0 Å². The summed E-state index contributed by atoms with van der Waals surface area (Å²) in [5.41, 5.74) is 0.745. The SMILES string of the molecule is CN(C)c1ncnc2nc(O[C@@H]3O[C@H](CO)[C@@H](O)[C@H](O)[C@H]3O)cnc12. The van der Waals surface area contributed by atoms with Crippen molar-refractivity contribution in [2.75, 3.05) is 25.6 Å². The molecule has 4 N–H and O–H groups in total. The normalized spacial score (nSPS) is 29.6. The predicted octanol–water partition coefficient (Wildman–Crippen LogP) is -2.34. The van der Waals surface area contributed by atoms with Gasteiger partial charge in [-0.05, 0) is 0 Å². The molecule has 0 unspecified atom stereocenters. The van der Waals surface area contributed by atoms with E-state index in [0.717, 1.165) is 0 Å². The minimum Gasteiger partial charge on any atom is -0.444 e. The van der Waals surface area contributed by atoms with Crippen LogP contribution in [-0.2, 0) is 4.74 Å². The summed E-state index contributed by atoms with van der Waals surface area (Å²) in [6, 6.07) is 0. The van der Waals surface area contributed by atoms with Gasteiger partial charge in [-0.15, -0.1) is 0 Å². The summed E-state index contributed by atoms with van der Waals surface area (Å²) in [5, 5.41) is 38.7. The maximum Gasteiger partial charge on any atom is 0.236 e. The zero-order chi connectivity index (χ0) is 18.1. The fourth-order valence-corrected chi connectivity index (χ4v) is 2.48. The molecule has 0 saturated carbocycles. The molecule has 3 heterocycles. The van der Waals surface area contributed by atoms with Crippen LogP contribution in [0.4, 0.5) is 5.82 Å². The summed E-state index contributed by atoms with van der Waals surface area (Å²) < 4.78 is 10.7. The van der Waals surface area contributed by atoms with Gasteiger partial charge in [0.15, 0.2) is 17.0 Å². The van der Waals surface area contributed by atoms with E-state index >= 15 is 0 Å². The summed E-state index contributed by atoms with van der Waals surface area (Å²) >= 11 is 0. The van der Waals surface area contributed by atoms with E-state index in [9.17, 15) is 20.4 Å². The number of nitrogens with zero attached hydrogens (tertiary/aromatic N) is 5. The Morgan fingerprint density at radius 3 is 2.56 bits per heavy atom. The van der Waals surface area contributed by atoms with Crippen molar-refractivity contribution in [1.29, 1.82) is 0 Å². The molecule has 11 nitrogen and oxygen atoms in total. The summed E-state index contributed by atoms with van der Waals surface area (Å²) in [7, 11) is 3.61. The van der Waals surface area contributed by atoms with Crippen molar-refractivity contribution in [2.45, 2.75) is 30.7 Å². The van der Waals surface area contributed by atoms with Crippen LogP contribution in [-0.4, -0.2) is 91.8 Å². The highest BCUT2D eigenvalue weighted by molar-refractivity contribution is 5.82. The van der Waals surface area contributed by atoms with Crippen LogP contribution in [0.25, 0.3) is 11.2 Å². The quantitative estimate of drug-likeness (QED) is 0.467. The first kappa shape index (κ1) is 17.6. The van der Waals surface area contributed by atoms with E-state index in [1.807, 2.05) is 14.1 Å². The third kappa shape index (κ3) is 3.32. The highest BCUT2D eigenvalue weighted by atomic mass is 16.7. The van der Waals surface area contributed by atoms with Crippen LogP contribution >= 0.6 is 0 Å². The van der Waals surface area contributed by atoms with Crippen LogP contribution in [0.15, 0.2) is 12.5 Å². The van der Waals surface area contributed by atoms with E-state index < -0.39 is 37.3 Å². The third-order valence-corrected chi connectivity index (χ3v) is 3.81. The van der Waals surface area contributed by atoms with Crippen LogP contribution in [0.3, 0.4) is 0 Å². The molecule has 0 aromatic carbocycles. The van der Waals surface area contributed by atoms with Crippen molar-refractivity contribution in [3.63, 3.8) is 0 Å². The molecule has 0 aliphatic carbocycles. The standard InChI is InChI=1S/C14H19N5O6/c1-19(2)13-8-12(16-5-17-13)18-7(3-15-8)25-14-11(23)10(22)9(21)6(4-20)24-14/h3,5-6,9-11,14,20-23H,4H2,1-2H3/t6-,9-,10+,11-,14+/m1/s1. The van der Waals surface area contributed by atoms with Crippen LogP contribution in [0.2, 0.25) is 0 Å². The van der Waals surface area contributed by atoms with Gasteiger partial charge >= 0.3 is 0 Å². The fourth-order valence-electron chi connectivity index (χ4n) is 2.48. The van der Waals surface area contributed by atoms with Crippen LogP contribution in [0.1, 0.15) is 0 Å².